The van der Waals surface area contributed by atoms with Crippen LogP contribution in [0.5, 0.6) is 0 Å². The molecule has 0 aliphatic carbocycles. The van der Waals surface area contributed by atoms with Gasteiger partial charge >= 0.3 is 0 Å². The van der Waals surface area contributed by atoms with Gasteiger partial charge in [0.1, 0.15) is 0 Å². The van der Waals surface area contributed by atoms with Gasteiger partial charge in [-0.3, -0.25) is 0 Å². The summed E-state index contributed by atoms with van der Waals surface area (Å²) in [5.74, 6) is 1.76. The van der Waals surface area contributed by atoms with Gasteiger partial charge in [0, 0.05) is 18.6 Å². The van der Waals surface area contributed by atoms with Gasteiger partial charge in [0.25, 0.3) is 0 Å². The summed E-state index contributed by atoms with van der Waals surface area (Å²) in [7, 11) is 2.28. The molecule has 0 aromatic rings. The van der Waals surface area contributed by atoms with Crippen LogP contribution >= 0.6 is 0 Å². The van der Waals surface area contributed by atoms with E-state index in [1.165, 1.54) is 84.0 Å². The third-order valence-electron chi connectivity index (χ3n) is 8.59. The summed E-state index contributed by atoms with van der Waals surface area (Å²) >= 11 is 0. The zero-order valence-electron chi connectivity index (χ0n) is 28.8. The second kappa shape index (κ2) is 22.5. The number of rotatable bonds is 4. The molecule has 3 heterocycles. The molecule has 4 nitrogen and oxygen atoms in total. The molecule has 3 saturated heterocycles. The third-order valence-corrected chi connectivity index (χ3v) is 8.59. The zero-order valence-corrected chi connectivity index (χ0v) is 28.8. The number of nitrogens with zero attached hydrogens (tertiary/aromatic N) is 2. The highest BCUT2D eigenvalue weighted by Crippen LogP contribution is 2.38. The summed E-state index contributed by atoms with van der Waals surface area (Å²) < 4.78 is 0. The fourth-order valence-corrected chi connectivity index (χ4v) is 6.58. The number of nitrogens with one attached hydrogen (secondary N) is 1. The van der Waals surface area contributed by atoms with Crippen molar-refractivity contribution in [1.82, 2.24) is 15.1 Å². The first-order chi connectivity index (χ1) is 18.0. The van der Waals surface area contributed by atoms with E-state index in [9.17, 15) is 0 Å². The Kier molecular flexibility index (Phi) is 23.7. The fourth-order valence-electron chi connectivity index (χ4n) is 6.58. The van der Waals surface area contributed by atoms with E-state index in [0.29, 0.717) is 17.4 Å². The molecule has 2 N–H and O–H groups in total. The van der Waals surface area contributed by atoms with E-state index in [2.05, 4.69) is 77.6 Å². The van der Waals surface area contributed by atoms with Crippen LogP contribution in [0.4, 0.5) is 0 Å². The van der Waals surface area contributed by atoms with E-state index < -0.39 is 0 Å². The highest BCUT2D eigenvalue weighted by Gasteiger charge is 2.35. The van der Waals surface area contributed by atoms with E-state index in [0.717, 1.165) is 30.5 Å². The quantitative estimate of drug-likeness (QED) is 0.374. The molecule has 4 atom stereocenters. The largest absolute Gasteiger partial charge is 0.395 e. The van der Waals surface area contributed by atoms with E-state index in [1.54, 1.807) is 0 Å². The Labute approximate surface area is 242 Å². The standard InChI is InChI=1S/C12H25N.C11H23N.C7H15NO.2C2H6/c1-6-11-10(12(2,3)4)8-7-9-13(11)5;1-5-10-9(11(2,3)4)7-6-8-12-10;9-7-6-8-4-2-1-3-5-8;2*1-2/h10-11H,6-9H2,1-5H3;9-10,12H,5-8H2,1-4H3;9H,1-7H2;2*1-2H3. The fraction of sp³-hybridized carbons (Fsp3) is 1.00. The van der Waals surface area contributed by atoms with E-state index in [4.69, 9.17) is 5.11 Å². The number of hydrogen-bond donors (Lipinski definition) is 2. The lowest BCUT2D eigenvalue weighted by molar-refractivity contribution is 0.0467. The summed E-state index contributed by atoms with van der Waals surface area (Å²) in [6.45, 7) is 33.0. The molecule has 0 saturated carbocycles. The summed E-state index contributed by atoms with van der Waals surface area (Å²) in [5, 5.41) is 12.2. The lowest BCUT2D eigenvalue weighted by Crippen LogP contribution is -2.47. The van der Waals surface area contributed by atoms with Crippen LogP contribution < -0.4 is 5.32 Å². The molecule has 0 aromatic carbocycles. The minimum atomic E-state index is 0.319. The van der Waals surface area contributed by atoms with Crippen LogP contribution in [-0.2, 0) is 0 Å². The Hall–Kier alpha value is -0.160. The molecule has 3 fully saturated rings. The normalized spacial score (nSPS) is 26.7. The van der Waals surface area contributed by atoms with Crippen molar-refractivity contribution >= 4 is 0 Å². The van der Waals surface area contributed by atoms with Crippen molar-refractivity contribution < 1.29 is 5.11 Å². The molecule has 0 aromatic heterocycles. The number of aliphatic hydroxyl groups excluding tert-OH is 1. The van der Waals surface area contributed by atoms with Gasteiger partial charge in [0.05, 0.1) is 6.61 Å². The molecule has 0 amide bonds. The molecule has 232 valence electrons. The molecular formula is C34H75N3O. The van der Waals surface area contributed by atoms with Crippen molar-refractivity contribution in [2.75, 3.05) is 46.4 Å². The van der Waals surface area contributed by atoms with E-state index in [1.807, 2.05) is 27.7 Å². The summed E-state index contributed by atoms with van der Waals surface area (Å²) in [6.07, 6.45) is 12.2. The topological polar surface area (TPSA) is 38.7 Å². The molecule has 3 aliphatic rings. The third kappa shape index (κ3) is 16.2. The summed E-state index contributed by atoms with van der Waals surface area (Å²) in [4.78, 5) is 4.88. The predicted molar refractivity (Wildman–Crippen MR) is 173 cm³/mol. The Balaban J connectivity index is 0. The van der Waals surface area contributed by atoms with Crippen molar-refractivity contribution in [3.8, 4) is 0 Å². The van der Waals surface area contributed by atoms with Crippen molar-refractivity contribution in [2.45, 2.75) is 153 Å². The van der Waals surface area contributed by atoms with E-state index >= 15 is 0 Å². The maximum atomic E-state index is 8.58. The minimum Gasteiger partial charge on any atom is -0.395 e. The van der Waals surface area contributed by atoms with Gasteiger partial charge in [0.2, 0.25) is 0 Å². The van der Waals surface area contributed by atoms with Crippen LogP contribution in [0.1, 0.15) is 141 Å². The van der Waals surface area contributed by atoms with Crippen LogP contribution in [0, 0.1) is 22.7 Å². The van der Waals surface area contributed by atoms with Crippen molar-refractivity contribution in [3.05, 3.63) is 0 Å². The molecule has 0 bridgehead atoms. The summed E-state index contributed by atoms with van der Waals surface area (Å²) in [5.41, 5.74) is 0.962. The van der Waals surface area contributed by atoms with E-state index in [-0.39, 0.29) is 0 Å². The molecule has 38 heavy (non-hydrogen) atoms. The molecule has 3 aliphatic heterocycles. The van der Waals surface area contributed by atoms with Gasteiger partial charge in [-0.05, 0) is 107 Å². The van der Waals surface area contributed by atoms with Crippen LogP contribution in [0.2, 0.25) is 0 Å². The first-order valence-electron chi connectivity index (χ1n) is 16.7. The maximum absolute atomic E-state index is 8.58. The molecule has 4 unspecified atom stereocenters. The summed E-state index contributed by atoms with van der Waals surface area (Å²) in [6, 6.07) is 1.58. The van der Waals surface area contributed by atoms with Crippen LogP contribution in [0.3, 0.4) is 0 Å². The van der Waals surface area contributed by atoms with Crippen molar-refractivity contribution in [1.29, 1.82) is 0 Å². The molecule has 0 spiro atoms. The van der Waals surface area contributed by atoms with Crippen molar-refractivity contribution in [2.24, 2.45) is 22.7 Å². The Morgan fingerprint density at radius 2 is 1.24 bits per heavy atom. The van der Waals surface area contributed by atoms with Gasteiger partial charge < -0.3 is 20.2 Å². The molecule has 3 rings (SSSR count). The minimum absolute atomic E-state index is 0.319. The SMILES string of the molecule is CC.CC.CCC1C(C(C)(C)C)CCCN1C.CCC1NCCCC1C(C)(C)C.OCCN1CCCCC1. The average molecular weight is 542 g/mol. The predicted octanol–water partition coefficient (Wildman–Crippen LogP) is 8.48. The first-order valence-corrected chi connectivity index (χ1v) is 16.7. The van der Waals surface area contributed by atoms with Crippen LogP contribution in [-0.4, -0.2) is 73.4 Å². The van der Waals surface area contributed by atoms with Gasteiger partial charge in [-0.25, -0.2) is 0 Å². The average Bonchev–Trinajstić information content (AvgIpc) is 2.91. The second-order valence-electron chi connectivity index (χ2n) is 13.3. The molecule has 4 heteroatoms. The Bertz CT molecular complexity index is 502. The lowest BCUT2D eigenvalue weighted by atomic mass is 9.71. The Morgan fingerprint density at radius 3 is 1.63 bits per heavy atom. The molecular weight excluding hydrogens is 466 g/mol. The van der Waals surface area contributed by atoms with Gasteiger partial charge in [-0.15, -0.1) is 0 Å². The van der Waals surface area contributed by atoms with Gasteiger partial charge in [-0.1, -0.05) is 89.5 Å². The van der Waals surface area contributed by atoms with Crippen molar-refractivity contribution in [3.63, 3.8) is 0 Å². The second-order valence-corrected chi connectivity index (χ2v) is 13.3. The van der Waals surface area contributed by atoms with Gasteiger partial charge in [-0.2, -0.15) is 0 Å². The number of piperidine rings is 3. The first kappa shape index (κ1) is 40.0. The smallest absolute Gasteiger partial charge is 0.0558 e. The highest BCUT2D eigenvalue weighted by atomic mass is 16.3. The molecule has 0 radical (unpaired) electrons. The van der Waals surface area contributed by atoms with Crippen LogP contribution in [0.15, 0.2) is 0 Å². The number of hydrogen-bond acceptors (Lipinski definition) is 4. The van der Waals surface area contributed by atoms with Crippen LogP contribution in [0.25, 0.3) is 0 Å². The van der Waals surface area contributed by atoms with Gasteiger partial charge in [0.15, 0.2) is 0 Å². The maximum Gasteiger partial charge on any atom is 0.0558 e. The monoisotopic (exact) mass is 542 g/mol. The Morgan fingerprint density at radius 1 is 0.711 bits per heavy atom. The highest BCUT2D eigenvalue weighted by molar-refractivity contribution is 4.89. The number of likely N-dealkylation sites (tertiary alicyclic amines) is 2. The zero-order chi connectivity index (χ0) is 29.8. The number of aliphatic hydroxyl groups is 1. The lowest BCUT2D eigenvalue weighted by Gasteiger charge is -2.45. The number of β-amino-alcohol motifs (C(OH)–C–C–N with tert-alkyl or cyclic N) is 1.